The van der Waals surface area contributed by atoms with Gasteiger partial charge in [0.1, 0.15) is 11.9 Å². The molecule has 0 fully saturated rings. The van der Waals surface area contributed by atoms with Crippen LogP contribution in [0, 0.1) is 10.1 Å². The van der Waals surface area contributed by atoms with Gasteiger partial charge >= 0.3 is 0 Å². The Hall–Kier alpha value is -1.98. The van der Waals surface area contributed by atoms with Gasteiger partial charge in [-0.2, -0.15) is 0 Å². The third kappa shape index (κ3) is 3.30. The van der Waals surface area contributed by atoms with Crippen molar-refractivity contribution in [2.45, 2.75) is 19.8 Å². The van der Waals surface area contributed by atoms with Gasteiger partial charge in [0.25, 0.3) is 11.6 Å². The van der Waals surface area contributed by atoms with Crippen molar-refractivity contribution >= 4 is 11.6 Å². The lowest BCUT2D eigenvalue weighted by atomic mass is 10.3. The maximum atomic E-state index is 11.5. The Balaban J connectivity index is 2.59. The summed E-state index contributed by atoms with van der Waals surface area (Å²) < 4.78 is 0. The van der Waals surface area contributed by atoms with Crippen LogP contribution in [0.15, 0.2) is 18.3 Å². The Morgan fingerprint density at radius 2 is 2.31 bits per heavy atom. The summed E-state index contributed by atoms with van der Waals surface area (Å²) in [6.07, 6.45) is 2.97. The molecule has 1 amide bonds. The van der Waals surface area contributed by atoms with Crippen molar-refractivity contribution in [3.63, 3.8) is 0 Å². The lowest BCUT2D eigenvalue weighted by molar-refractivity contribution is -0.385. The third-order valence-electron chi connectivity index (χ3n) is 2.01. The normalized spacial score (nSPS) is 9.81. The molecular weight excluding hydrogens is 210 g/mol. The molecule has 1 aromatic heterocycles. The first-order valence-electron chi connectivity index (χ1n) is 5.03. The molecule has 16 heavy (non-hydrogen) atoms. The van der Waals surface area contributed by atoms with Crippen molar-refractivity contribution in [1.29, 1.82) is 0 Å². The second-order valence-corrected chi connectivity index (χ2v) is 3.27. The summed E-state index contributed by atoms with van der Waals surface area (Å²) in [7, 11) is 0. The van der Waals surface area contributed by atoms with Crippen LogP contribution >= 0.6 is 0 Å². The van der Waals surface area contributed by atoms with Crippen LogP contribution in [0.1, 0.15) is 30.3 Å². The summed E-state index contributed by atoms with van der Waals surface area (Å²) in [6.45, 7) is 2.62. The predicted octanol–water partition coefficient (Wildman–Crippen LogP) is 1.52. The number of rotatable bonds is 5. The average Bonchev–Trinajstić information content (AvgIpc) is 2.29. The first-order valence-corrected chi connectivity index (χ1v) is 5.03. The molecule has 0 atom stereocenters. The van der Waals surface area contributed by atoms with Crippen LogP contribution in [-0.4, -0.2) is 22.4 Å². The zero-order chi connectivity index (χ0) is 12.0. The second-order valence-electron chi connectivity index (χ2n) is 3.27. The van der Waals surface area contributed by atoms with Crippen LogP contribution in [0.4, 0.5) is 5.69 Å². The smallest absolute Gasteiger partial charge is 0.287 e. The molecule has 1 heterocycles. The SMILES string of the molecule is CCCCNC(=O)c1ccc([N+](=O)[O-])cn1. The van der Waals surface area contributed by atoms with E-state index >= 15 is 0 Å². The molecule has 0 bridgehead atoms. The summed E-state index contributed by atoms with van der Waals surface area (Å²) in [5.41, 5.74) is 0.0758. The zero-order valence-electron chi connectivity index (χ0n) is 8.97. The van der Waals surface area contributed by atoms with Gasteiger partial charge < -0.3 is 5.32 Å². The topological polar surface area (TPSA) is 85.1 Å². The number of unbranched alkanes of at least 4 members (excludes halogenated alkanes) is 1. The van der Waals surface area contributed by atoms with E-state index in [1.165, 1.54) is 12.1 Å². The van der Waals surface area contributed by atoms with Crippen molar-refractivity contribution in [1.82, 2.24) is 10.3 Å². The molecule has 1 aromatic rings. The number of nitrogens with one attached hydrogen (secondary N) is 1. The summed E-state index contributed by atoms with van der Waals surface area (Å²) in [4.78, 5) is 25.0. The largest absolute Gasteiger partial charge is 0.351 e. The molecule has 1 N–H and O–H groups in total. The van der Waals surface area contributed by atoms with Gasteiger partial charge in [-0.05, 0) is 12.5 Å². The highest BCUT2D eigenvalue weighted by Crippen LogP contribution is 2.08. The van der Waals surface area contributed by atoms with E-state index in [0.717, 1.165) is 19.0 Å². The van der Waals surface area contributed by atoms with E-state index in [-0.39, 0.29) is 17.3 Å². The highest BCUT2D eigenvalue weighted by atomic mass is 16.6. The highest BCUT2D eigenvalue weighted by Gasteiger charge is 2.09. The number of hydrogen-bond acceptors (Lipinski definition) is 4. The second kappa shape index (κ2) is 5.79. The molecule has 0 saturated carbocycles. The van der Waals surface area contributed by atoms with Crippen molar-refractivity contribution in [2.24, 2.45) is 0 Å². The van der Waals surface area contributed by atoms with E-state index in [0.29, 0.717) is 6.54 Å². The standard InChI is InChI=1S/C10H13N3O3/c1-2-3-6-11-10(14)9-5-4-8(7-12-9)13(15)16/h4-5,7H,2-3,6H2,1H3,(H,11,14). The van der Waals surface area contributed by atoms with E-state index in [9.17, 15) is 14.9 Å². The fourth-order valence-corrected chi connectivity index (χ4v) is 1.10. The van der Waals surface area contributed by atoms with Crippen LogP contribution < -0.4 is 5.32 Å². The van der Waals surface area contributed by atoms with E-state index in [1.54, 1.807) is 0 Å². The molecular formula is C10H13N3O3. The van der Waals surface area contributed by atoms with Crippen LogP contribution in [0.3, 0.4) is 0 Å². The first-order chi connectivity index (χ1) is 7.65. The molecule has 0 aromatic carbocycles. The van der Waals surface area contributed by atoms with Gasteiger partial charge in [0, 0.05) is 12.6 Å². The molecule has 6 heteroatoms. The quantitative estimate of drug-likeness (QED) is 0.466. The Labute approximate surface area is 92.8 Å². The van der Waals surface area contributed by atoms with E-state index < -0.39 is 4.92 Å². The molecule has 1 rings (SSSR count). The molecule has 0 radical (unpaired) electrons. The van der Waals surface area contributed by atoms with Gasteiger partial charge in [-0.3, -0.25) is 14.9 Å². The predicted molar refractivity (Wildman–Crippen MR) is 58.1 cm³/mol. The van der Waals surface area contributed by atoms with Crippen molar-refractivity contribution in [2.75, 3.05) is 6.54 Å². The maximum Gasteiger partial charge on any atom is 0.287 e. The van der Waals surface area contributed by atoms with E-state index in [2.05, 4.69) is 10.3 Å². The van der Waals surface area contributed by atoms with Gasteiger partial charge in [-0.15, -0.1) is 0 Å². The van der Waals surface area contributed by atoms with Gasteiger partial charge in [0.05, 0.1) is 4.92 Å². The van der Waals surface area contributed by atoms with E-state index in [1.807, 2.05) is 6.92 Å². The van der Waals surface area contributed by atoms with Crippen LogP contribution in [-0.2, 0) is 0 Å². The van der Waals surface area contributed by atoms with Crippen molar-refractivity contribution in [3.05, 3.63) is 34.1 Å². The van der Waals surface area contributed by atoms with Crippen molar-refractivity contribution < 1.29 is 9.72 Å². The van der Waals surface area contributed by atoms with E-state index in [4.69, 9.17) is 0 Å². The molecule has 0 spiro atoms. The van der Waals surface area contributed by atoms with Crippen LogP contribution in [0.5, 0.6) is 0 Å². The van der Waals surface area contributed by atoms with Crippen LogP contribution in [0.25, 0.3) is 0 Å². The lowest BCUT2D eigenvalue weighted by Crippen LogP contribution is -2.25. The minimum Gasteiger partial charge on any atom is -0.351 e. The first kappa shape index (κ1) is 12.1. The summed E-state index contributed by atoms with van der Waals surface area (Å²) in [5.74, 6) is -0.302. The summed E-state index contributed by atoms with van der Waals surface area (Å²) in [6, 6.07) is 2.61. The van der Waals surface area contributed by atoms with Gasteiger partial charge in [0.2, 0.25) is 0 Å². The zero-order valence-corrected chi connectivity index (χ0v) is 8.97. The number of nitro groups is 1. The Kier molecular flexibility index (Phi) is 4.38. The molecule has 0 unspecified atom stereocenters. The average molecular weight is 223 g/mol. The Morgan fingerprint density at radius 1 is 1.56 bits per heavy atom. The molecule has 86 valence electrons. The number of carbonyl (C=O) groups excluding carboxylic acids is 1. The minimum absolute atomic E-state index is 0.120. The molecule has 0 aliphatic carbocycles. The van der Waals surface area contributed by atoms with Crippen LogP contribution in [0.2, 0.25) is 0 Å². The summed E-state index contributed by atoms with van der Waals surface area (Å²) >= 11 is 0. The summed E-state index contributed by atoms with van der Waals surface area (Å²) in [5, 5.41) is 13.0. The fourth-order valence-electron chi connectivity index (χ4n) is 1.10. The number of aromatic nitrogens is 1. The monoisotopic (exact) mass is 223 g/mol. The molecule has 0 saturated heterocycles. The number of hydrogen-bond donors (Lipinski definition) is 1. The Bertz CT molecular complexity index is 375. The minimum atomic E-state index is -0.550. The van der Waals surface area contributed by atoms with Gasteiger partial charge in [-0.25, -0.2) is 4.98 Å². The van der Waals surface area contributed by atoms with Crippen molar-refractivity contribution in [3.8, 4) is 0 Å². The fraction of sp³-hybridized carbons (Fsp3) is 0.400. The van der Waals surface area contributed by atoms with Gasteiger partial charge in [0.15, 0.2) is 0 Å². The molecule has 0 aliphatic rings. The number of pyridine rings is 1. The maximum absolute atomic E-state index is 11.5. The number of nitrogens with zero attached hydrogens (tertiary/aromatic N) is 2. The highest BCUT2D eigenvalue weighted by molar-refractivity contribution is 5.92. The number of amides is 1. The molecule has 6 nitrogen and oxygen atoms in total. The van der Waals surface area contributed by atoms with Gasteiger partial charge in [-0.1, -0.05) is 13.3 Å². The number of carbonyl (C=O) groups is 1. The lowest BCUT2D eigenvalue weighted by Gasteiger charge is -2.02. The molecule has 0 aliphatic heterocycles. The Morgan fingerprint density at radius 3 is 2.81 bits per heavy atom. The third-order valence-corrected chi connectivity index (χ3v) is 2.01.